The minimum atomic E-state index is -0.0639. The summed E-state index contributed by atoms with van der Waals surface area (Å²) in [5.41, 5.74) is 5.52. The molecule has 2 aromatic carbocycles. The van der Waals surface area contributed by atoms with Gasteiger partial charge in [0.15, 0.2) is 5.82 Å². The van der Waals surface area contributed by atoms with E-state index in [0.717, 1.165) is 71.3 Å². The van der Waals surface area contributed by atoms with E-state index in [9.17, 15) is 4.79 Å². The predicted octanol–water partition coefficient (Wildman–Crippen LogP) is 4.66. The highest BCUT2D eigenvalue weighted by molar-refractivity contribution is 5.93. The first kappa shape index (κ1) is 21.1. The Morgan fingerprint density at radius 2 is 1.85 bits per heavy atom. The minimum Gasteiger partial charge on any atom is -0.326 e. The molecule has 0 fully saturated rings. The van der Waals surface area contributed by atoms with Crippen molar-refractivity contribution in [2.24, 2.45) is 0 Å². The van der Waals surface area contributed by atoms with Crippen LogP contribution in [-0.2, 0) is 24.2 Å². The number of carbonyl (C=O) groups is 1. The first-order valence-corrected chi connectivity index (χ1v) is 11.5. The fourth-order valence-corrected chi connectivity index (χ4v) is 4.55. The quantitative estimate of drug-likeness (QED) is 0.490. The van der Waals surface area contributed by atoms with E-state index in [4.69, 9.17) is 0 Å². The zero-order chi connectivity index (χ0) is 22.8. The van der Waals surface area contributed by atoms with Crippen molar-refractivity contribution in [1.29, 1.82) is 0 Å². The Morgan fingerprint density at radius 3 is 2.70 bits per heavy atom. The lowest BCUT2D eigenvalue weighted by atomic mass is 10.1. The molecule has 1 aliphatic heterocycles. The van der Waals surface area contributed by atoms with Crippen LogP contribution >= 0.6 is 0 Å². The van der Waals surface area contributed by atoms with Crippen LogP contribution in [0.4, 0.5) is 5.69 Å². The summed E-state index contributed by atoms with van der Waals surface area (Å²) in [6.45, 7) is 4.90. The number of anilines is 1. The van der Waals surface area contributed by atoms with E-state index in [1.165, 1.54) is 6.42 Å². The van der Waals surface area contributed by atoms with Crippen molar-refractivity contribution < 1.29 is 4.79 Å². The van der Waals surface area contributed by atoms with Gasteiger partial charge in [-0.2, -0.15) is 5.10 Å². The second-order valence-electron chi connectivity index (χ2n) is 8.60. The van der Waals surface area contributed by atoms with Crippen molar-refractivity contribution in [1.82, 2.24) is 24.5 Å². The molecule has 33 heavy (non-hydrogen) atoms. The maximum absolute atomic E-state index is 12.9. The van der Waals surface area contributed by atoms with Crippen molar-refractivity contribution in [2.45, 2.75) is 52.5 Å². The Hall–Kier alpha value is -3.74. The van der Waals surface area contributed by atoms with Gasteiger partial charge >= 0.3 is 0 Å². The number of nitrogens with one attached hydrogen (secondary N) is 1. The molecule has 0 saturated carbocycles. The van der Waals surface area contributed by atoms with Crippen molar-refractivity contribution in [2.75, 3.05) is 5.32 Å². The Morgan fingerprint density at radius 1 is 1.00 bits per heavy atom. The van der Waals surface area contributed by atoms with Crippen LogP contribution < -0.4 is 5.32 Å². The normalized spacial score (nSPS) is 13.4. The van der Waals surface area contributed by atoms with Crippen LogP contribution in [0.3, 0.4) is 0 Å². The Balaban J connectivity index is 1.34. The number of para-hydroxylation sites is 1. The summed E-state index contributed by atoms with van der Waals surface area (Å²) in [7, 11) is 0. The molecule has 1 amide bonds. The number of carbonyl (C=O) groups excluding carboxylic acids is 1. The number of rotatable bonds is 5. The molecule has 2 aromatic heterocycles. The highest BCUT2D eigenvalue weighted by Crippen LogP contribution is 2.25. The molecular weight excluding hydrogens is 412 g/mol. The van der Waals surface area contributed by atoms with Crippen LogP contribution in [0.2, 0.25) is 0 Å². The van der Waals surface area contributed by atoms with Gasteiger partial charge in [-0.15, -0.1) is 10.2 Å². The van der Waals surface area contributed by atoms with Crippen LogP contribution in [0.5, 0.6) is 0 Å². The third-order valence-electron chi connectivity index (χ3n) is 6.29. The lowest BCUT2D eigenvalue weighted by Crippen LogP contribution is -2.15. The van der Waals surface area contributed by atoms with Crippen LogP contribution in [0.1, 0.15) is 42.0 Å². The number of hydrogen-bond acceptors (Lipinski definition) is 4. The molecular formula is C26H28N6O. The molecule has 4 aromatic rings. The van der Waals surface area contributed by atoms with E-state index in [0.29, 0.717) is 0 Å². The summed E-state index contributed by atoms with van der Waals surface area (Å²) >= 11 is 0. The van der Waals surface area contributed by atoms with Crippen molar-refractivity contribution >= 4 is 11.6 Å². The van der Waals surface area contributed by atoms with E-state index >= 15 is 0 Å². The van der Waals surface area contributed by atoms with E-state index in [2.05, 4.69) is 25.2 Å². The number of aromatic nitrogens is 5. The molecule has 7 nitrogen and oxygen atoms in total. The van der Waals surface area contributed by atoms with Gasteiger partial charge in [0.2, 0.25) is 5.91 Å². The molecule has 0 spiro atoms. The third-order valence-corrected chi connectivity index (χ3v) is 6.29. The van der Waals surface area contributed by atoms with Gasteiger partial charge in [0.1, 0.15) is 5.82 Å². The summed E-state index contributed by atoms with van der Waals surface area (Å²) in [6, 6.07) is 17.8. The van der Waals surface area contributed by atoms with Gasteiger partial charge in [-0.05, 0) is 51.0 Å². The third kappa shape index (κ3) is 4.31. The molecule has 3 heterocycles. The lowest BCUT2D eigenvalue weighted by Gasteiger charge is -2.10. The summed E-state index contributed by atoms with van der Waals surface area (Å²) in [5, 5.41) is 16.6. The maximum atomic E-state index is 12.9. The molecule has 1 N–H and O–H groups in total. The minimum absolute atomic E-state index is 0.0639. The van der Waals surface area contributed by atoms with Gasteiger partial charge in [0.05, 0.1) is 17.8 Å². The fraction of sp³-hybridized carbons (Fsp3) is 0.308. The molecule has 0 atom stereocenters. The van der Waals surface area contributed by atoms with Crippen molar-refractivity contribution in [3.8, 4) is 17.1 Å². The zero-order valence-corrected chi connectivity index (χ0v) is 19.1. The Labute approximate surface area is 193 Å². The number of hydrogen-bond donors (Lipinski definition) is 1. The van der Waals surface area contributed by atoms with Gasteiger partial charge in [-0.3, -0.25) is 4.79 Å². The van der Waals surface area contributed by atoms with Crippen molar-refractivity contribution in [3.63, 3.8) is 0 Å². The number of fused-ring (bicyclic) bond motifs is 1. The molecule has 168 valence electrons. The second-order valence-corrected chi connectivity index (χ2v) is 8.60. The number of nitrogens with zero attached hydrogens (tertiary/aromatic N) is 5. The molecule has 0 bridgehead atoms. The number of benzene rings is 2. The number of aryl methyl sites for hydroxylation is 2. The Kier molecular flexibility index (Phi) is 5.77. The van der Waals surface area contributed by atoms with Crippen LogP contribution in [0.15, 0.2) is 54.6 Å². The van der Waals surface area contributed by atoms with E-state index < -0.39 is 0 Å². The SMILES string of the molecule is Cc1nn(-c2ccccc2)c(C)c1CC(=O)Nc1cccc(-c2nnc3n2CCCCC3)c1. The predicted molar refractivity (Wildman–Crippen MR) is 128 cm³/mol. The highest BCUT2D eigenvalue weighted by Gasteiger charge is 2.18. The van der Waals surface area contributed by atoms with Crippen LogP contribution in [0.25, 0.3) is 17.1 Å². The molecule has 5 rings (SSSR count). The van der Waals surface area contributed by atoms with Crippen molar-refractivity contribution in [3.05, 3.63) is 77.4 Å². The van der Waals surface area contributed by atoms with Gasteiger partial charge in [0, 0.05) is 35.5 Å². The van der Waals surface area contributed by atoms with E-state index in [1.807, 2.05) is 73.1 Å². The highest BCUT2D eigenvalue weighted by atomic mass is 16.1. The smallest absolute Gasteiger partial charge is 0.228 e. The maximum Gasteiger partial charge on any atom is 0.228 e. The van der Waals surface area contributed by atoms with E-state index in [-0.39, 0.29) is 12.3 Å². The lowest BCUT2D eigenvalue weighted by molar-refractivity contribution is -0.115. The monoisotopic (exact) mass is 440 g/mol. The van der Waals surface area contributed by atoms with Crippen LogP contribution in [0, 0.1) is 13.8 Å². The second kappa shape index (κ2) is 9.02. The van der Waals surface area contributed by atoms with E-state index in [1.54, 1.807) is 0 Å². The topological polar surface area (TPSA) is 77.6 Å². The first-order valence-electron chi connectivity index (χ1n) is 11.5. The summed E-state index contributed by atoms with van der Waals surface area (Å²) in [5.74, 6) is 1.86. The largest absolute Gasteiger partial charge is 0.326 e. The van der Waals surface area contributed by atoms with Gasteiger partial charge < -0.3 is 9.88 Å². The average molecular weight is 441 g/mol. The molecule has 1 aliphatic rings. The molecule has 0 saturated heterocycles. The summed E-state index contributed by atoms with van der Waals surface area (Å²) in [4.78, 5) is 12.9. The van der Waals surface area contributed by atoms with Gasteiger partial charge in [0.25, 0.3) is 0 Å². The zero-order valence-electron chi connectivity index (χ0n) is 19.1. The summed E-state index contributed by atoms with van der Waals surface area (Å²) < 4.78 is 4.12. The van der Waals surface area contributed by atoms with Gasteiger partial charge in [-0.25, -0.2) is 4.68 Å². The first-order chi connectivity index (χ1) is 16.1. The number of amides is 1. The average Bonchev–Trinajstić information content (AvgIpc) is 3.25. The standard InChI is InChI=1S/C26H28N6O/c1-18-23(19(2)32(30-18)22-12-5-3-6-13-22)17-25(33)27-21-11-9-10-20(16-21)26-29-28-24-14-7-4-8-15-31(24)26/h3,5-6,9-13,16H,4,7-8,14-15,17H2,1-2H3,(H,27,33). The Bertz CT molecular complexity index is 1290. The fourth-order valence-electron chi connectivity index (χ4n) is 4.55. The van der Waals surface area contributed by atoms with Gasteiger partial charge in [-0.1, -0.05) is 36.8 Å². The molecule has 7 heteroatoms. The molecule has 0 unspecified atom stereocenters. The molecule has 0 radical (unpaired) electrons. The van der Waals surface area contributed by atoms with Crippen LogP contribution in [-0.4, -0.2) is 30.5 Å². The molecule has 0 aliphatic carbocycles. The summed E-state index contributed by atoms with van der Waals surface area (Å²) in [6.07, 6.45) is 4.77.